The molecule has 0 unspecified atom stereocenters. The molecule has 0 heterocycles. The Labute approximate surface area is 129 Å². The molecule has 0 spiro atoms. The van der Waals surface area contributed by atoms with E-state index < -0.39 is 0 Å². The molecule has 0 bridgehead atoms. The van der Waals surface area contributed by atoms with Crippen LogP contribution in [0.1, 0.15) is 15.9 Å². The number of ketones is 1. The van der Waals surface area contributed by atoms with Crippen LogP contribution in [-0.4, -0.2) is 26.2 Å². The van der Waals surface area contributed by atoms with Crippen molar-refractivity contribution in [2.75, 3.05) is 14.2 Å². The summed E-state index contributed by atoms with van der Waals surface area (Å²) in [5, 5.41) is 3.69. The Bertz CT molecular complexity index is 653. The largest absolute Gasteiger partial charge is 0.493 e. The molecule has 0 aromatic heterocycles. The first-order valence-electron chi connectivity index (χ1n) is 6.70. The van der Waals surface area contributed by atoms with Crippen LogP contribution >= 0.6 is 0 Å². The Morgan fingerprint density at radius 1 is 1.05 bits per heavy atom. The number of Topliss-reactive ketones (excluding diaryl/α,β-unsaturated/α-hetero) is 1. The Balaban J connectivity index is 1.91. The fourth-order valence-corrected chi connectivity index (χ4v) is 1.84. The summed E-state index contributed by atoms with van der Waals surface area (Å²) in [6.07, 6.45) is 1.16. The van der Waals surface area contributed by atoms with E-state index in [1.54, 1.807) is 50.6 Å². The van der Waals surface area contributed by atoms with Gasteiger partial charge < -0.3 is 14.3 Å². The third-order valence-electron chi connectivity index (χ3n) is 2.98. The van der Waals surface area contributed by atoms with Gasteiger partial charge in [0.15, 0.2) is 11.5 Å². The van der Waals surface area contributed by atoms with E-state index in [1.165, 1.54) is 0 Å². The number of oxime groups is 1. The minimum Gasteiger partial charge on any atom is -0.493 e. The number of methoxy groups -OCH3 is 2. The van der Waals surface area contributed by atoms with Gasteiger partial charge in [-0.2, -0.15) is 0 Å². The summed E-state index contributed by atoms with van der Waals surface area (Å²) in [6, 6.07) is 14.3. The SMILES string of the molecule is COc1ccc(CO/N=C/C(=O)c2ccccc2)cc1OC. The molecular formula is C17H17NO4. The second kappa shape index (κ2) is 7.83. The average Bonchev–Trinajstić information content (AvgIpc) is 2.59. The van der Waals surface area contributed by atoms with E-state index in [-0.39, 0.29) is 12.4 Å². The van der Waals surface area contributed by atoms with Crippen LogP contribution in [0.3, 0.4) is 0 Å². The van der Waals surface area contributed by atoms with Crippen LogP contribution in [0.25, 0.3) is 0 Å². The molecule has 0 atom stereocenters. The van der Waals surface area contributed by atoms with Crippen molar-refractivity contribution < 1.29 is 19.1 Å². The molecule has 0 amide bonds. The molecule has 0 saturated carbocycles. The second-order valence-electron chi connectivity index (χ2n) is 4.43. The lowest BCUT2D eigenvalue weighted by Gasteiger charge is -2.08. The topological polar surface area (TPSA) is 57.1 Å². The smallest absolute Gasteiger partial charge is 0.207 e. The van der Waals surface area contributed by atoms with E-state index in [0.717, 1.165) is 11.8 Å². The van der Waals surface area contributed by atoms with E-state index >= 15 is 0 Å². The Morgan fingerprint density at radius 2 is 1.77 bits per heavy atom. The fraction of sp³-hybridized carbons (Fsp3) is 0.176. The maximum atomic E-state index is 11.8. The molecule has 0 aliphatic heterocycles. The summed E-state index contributed by atoms with van der Waals surface area (Å²) in [5.41, 5.74) is 1.43. The molecule has 2 aromatic rings. The first kappa shape index (κ1) is 15.6. The molecular weight excluding hydrogens is 282 g/mol. The van der Waals surface area contributed by atoms with Gasteiger partial charge in [0.2, 0.25) is 5.78 Å². The third kappa shape index (κ3) is 4.09. The predicted molar refractivity (Wildman–Crippen MR) is 83.6 cm³/mol. The van der Waals surface area contributed by atoms with Gasteiger partial charge >= 0.3 is 0 Å². The van der Waals surface area contributed by atoms with Crippen molar-refractivity contribution in [3.8, 4) is 11.5 Å². The molecule has 0 aliphatic rings. The Hall–Kier alpha value is -2.82. The van der Waals surface area contributed by atoms with Crippen LogP contribution in [0.5, 0.6) is 11.5 Å². The predicted octanol–water partition coefficient (Wildman–Crippen LogP) is 3.09. The van der Waals surface area contributed by atoms with Crippen LogP contribution in [0.15, 0.2) is 53.7 Å². The molecule has 2 rings (SSSR count). The zero-order valence-corrected chi connectivity index (χ0v) is 12.5. The Kier molecular flexibility index (Phi) is 5.54. The van der Waals surface area contributed by atoms with E-state index in [1.807, 2.05) is 12.1 Å². The molecule has 0 radical (unpaired) electrons. The lowest BCUT2D eigenvalue weighted by Crippen LogP contribution is -2.00. The van der Waals surface area contributed by atoms with Gasteiger partial charge in [0.25, 0.3) is 0 Å². The number of nitrogens with zero attached hydrogens (tertiary/aromatic N) is 1. The quantitative estimate of drug-likeness (QED) is 0.448. The molecule has 5 heteroatoms. The normalized spacial score (nSPS) is 10.5. The summed E-state index contributed by atoms with van der Waals surface area (Å²) in [7, 11) is 3.15. The van der Waals surface area contributed by atoms with Crippen LogP contribution in [0, 0.1) is 0 Å². The summed E-state index contributed by atoms with van der Waals surface area (Å²) in [6.45, 7) is 0.235. The van der Waals surface area contributed by atoms with E-state index in [2.05, 4.69) is 5.16 Å². The second-order valence-corrected chi connectivity index (χ2v) is 4.43. The number of ether oxygens (including phenoxy) is 2. The zero-order chi connectivity index (χ0) is 15.8. The van der Waals surface area contributed by atoms with E-state index in [9.17, 15) is 4.79 Å². The van der Waals surface area contributed by atoms with Gasteiger partial charge in [-0.3, -0.25) is 4.79 Å². The van der Waals surface area contributed by atoms with Gasteiger partial charge in [-0.25, -0.2) is 0 Å². The van der Waals surface area contributed by atoms with Crippen LogP contribution in [0.4, 0.5) is 0 Å². The molecule has 114 valence electrons. The number of carbonyl (C=O) groups excluding carboxylic acids is 1. The van der Waals surface area contributed by atoms with Crippen LogP contribution in [-0.2, 0) is 11.4 Å². The maximum Gasteiger partial charge on any atom is 0.207 e. The van der Waals surface area contributed by atoms with E-state index in [0.29, 0.717) is 17.1 Å². The van der Waals surface area contributed by atoms with Gasteiger partial charge in [-0.1, -0.05) is 41.6 Å². The highest BCUT2D eigenvalue weighted by atomic mass is 16.6. The third-order valence-corrected chi connectivity index (χ3v) is 2.98. The number of hydrogen-bond acceptors (Lipinski definition) is 5. The number of carbonyl (C=O) groups is 1. The summed E-state index contributed by atoms with van der Waals surface area (Å²) in [4.78, 5) is 16.9. The van der Waals surface area contributed by atoms with Crippen molar-refractivity contribution in [3.05, 3.63) is 59.7 Å². The van der Waals surface area contributed by atoms with Crippen molar-refractivity contribution in [2.45, 2.75) is 6.61 Å². The monoisotopic (exact) mass is 299 g/mol. The van der Waals surface area contributed by atoms with Crippen LogP contribution in [0.2, 0.25) is 0 Å². The minimum absolute atomic E-state index is 0.201. The number of benzene rings is 2. The summed E-state index contributed by atoms with van der Waals surface area (Å²) >= 11 is 0. The van der Waals surface area contributed by atoms with Crippen molar-refractivity contribution in [2.24, 2.45) is 5.16 Å². The summed E-state index contributed by atoms with van der Waals surface area (Å²) < 4.78 is 10.4. The van der Waals surface area contributed by atoms with Crippen molar-refractivity contribution in [1.82, 2.24) is 0 Å². The van der Waals surface area contributed by atoms with E-state index in [4.69, 9.17) is 14.3 Å². The maximum absolute atomic E-state index is 11.8. The highest BCUT2D eigenvalue weighted by Gasteiger charge is 2.05. The molecule has 22 heavy (non-hydrogen) atoms. The van der Waals surface area contributed by atoms with Gasteiger partial charge in [0.1, 0.15) is 12.8 Å². The lowest BCUT2D eigenvalue weighted by atomic mass is 10.1. The zero-order valence-electron chi connectivity index (χ0n) is 12.5. The highest BCUT2D eigenvalue weighted by Crippen LogP contribution is 2.27. The molecule has 0 saturated heterocycles. The molecule has 2 aromatic carbocycles. The van der Waals surface area contributed by atoms with Crippen molar-refractivity contribution in [3.63, 3.8) is 0 Å². The van der Waals surface area contributed by atoms with Crippen LogP contribution < -0.4 is 9.47 Å². The molecule has 5 nitrogen and oxygen atoms in total. The fourth-order valence-electron chi connectivity index (χ4n) is 1.84. The van der Waals surface area contributed by atoms with Gasteiger partial charge in [-0.05, 0) is 17.7 Å². The van der Waals surface area contributed by atoms with Gasteiger partial charge in [0.05, 0.1) is 14.2 Å². The van der Waals surface area contributed by atoms with Gasteiger partial charge in [-0.15, -0.1) is 0 Å². The highest BCUT2D eigenvalue weighted by molar-refractivity contribution is 6.35. The van der Waals surface area contributed by atoms with Crippen molar-refractivity contribution >= 4 is 12.0 Å². The van der Waals surface area contributed by atoms with Gasteiger partial charge in [0, 0.05) is 5.56 Å². The number of rotatable bonds is 7. The first-order chi connectivity index (χ1) is 10.7. The average molecular weight is 299 g/mol. The molecule has 0 N–H and O–H groups in total. The standard InChI is InChI=1S/C17H17NO4/c1-20-16-9-8-13(10-17(16)21-2)12-22-18-11-15(19)14-6-4-3-5-7-14/h3-11H,12H2,1-2H3/b18-11+. The Morgan fingerprint density at radius 3 is 2.45 bits per heavy atom. The van der Waals surface area contributed by atoms with Crippen molar-refractivity contribution in [1.29, 1.82) is 0 Å². The lowest BCUT2D eigenvalue weighted by molar-refractivity contribution is 0.104. The number of hydrogen-bond donors (Lipinski definition) is 0. The first-order valence-corrected chi connectivity index (χ1v) is 6.70. The molecule has 0 aliphatic carbocycles. The minimum atomic E-state index is -0.201. The summed E-state index contributed by atoms with van der Waals surface area (Å²) in [5.74, 6) is 1.06. The molecule has 0 fully saturated rings.